The lowest BCUT2D eigenvalue weighted by Crippen LogP contribution is -2.45. The standard InChI is InChI=1S/C24H20ClF6NO3/c1-2-16-12-19(9-10-21(16)25)34-18-7-4-6-17(13-18)32(22(33)23(26,27)28)14-15-5-3-8-20(11-15)35-24(29,30)31/h3-13,22,33H,2,14H2,1H3/t22-/m0/s1. The Bertz CT molecular complexity index is 1150. The number of ether oxygens (including phenoxy) is 2. The summed E-state index contributed by atoms with van der Waals surface area (Å²) in [5.41, 5.74) is 0.793. The van der Waals surface area contributed by atoms with Crippen molar-refractivity contribution in [3.63, 3.8) is 0 Å². The largest absolute Gasteiger partial charge is 0.573 e. The van der Waals surface area contributed by atoms with Crippen LogP contribution in [-0.4, -0.2) is 23.9 Å². The van der Waals surface area contributed by atoms with Gasteiger partial charge in [0.05, 0.1) is 0 Å². The highest BCUT2D eigenvalue weighted by Crippen LogP contribution is 2.34. The van der Waals surface area contributed by atoms with E-state index < -0.39 is 31.1 Å². The highest BCUT2D eigenvalue weighted by atomic mass is 35.5. The van der Waals surface area contributed by atoms with Crippen LogP contribution in [0.3, 0.4) is 0 Å². The van der Waals surface area contributed by atoms with Gasteiger partial charge in [0.1, 0.15) is 17.2 Å². The predicted octanol–water partition coefficient (Wildman–Crippen LogP) is 7.48. The van der Waals surface area contributed by atoms with Gasteiger partial charge in [-0.1, -0.05) is 36.7 Å². The molecule has 0 aliphatic heterocycles. The van der Waals surface area contributed by atoms with E-state index in [1.54, 1.807) is 18.2 Å². The van der Waals surface area contributed by atoms with Crippen molar-refractivity contribution in [1.29, 1.82) is 0 Å². The zero-order chi connectivity index (χ0) is 25.8. The Kier molecular flexibility index (Phi) is 8.07. The minimum Gasteiger partial charge on any atom is -0.457 e. The van der Waals surface area contributed by atoms with E-state index in [4.69, 9.17) is 16.3 Å². The van der Waals surface area contributed by atoms with Crippen molar-refractivity contribution in [2.45, 2.75) is 38.7 Å². The molecular weight excluding hydrogens is 500 g/mol. The van der Waals surface area contributed by atoms with Crippen LogP contribution >= 0.6 is 11.6 Å². The molecule has 1 N–H and O–H groups in total. The summed E-state index contributed by atoms with van der Waals surface area (Å²) in [6.45, 7) is 1.33. The van der Waals surface area contributed by atoms with Gasteiger partial charge in [0, 0.05) is 23.3 Å². The molecule has 1 atom stereocenters. The fraction of sp³-hybridized carbons (Fsp3) is 0.250. The van der Waals surface area contributed by atoms with Gasteiger partial charge in [-0.2, -0.15) is 13.2 Å². The summed E-state index contributed by atoms with van der Waals surface area (Å²) in [6, 6.07) is 15.0. The lowest BCUT2D eigenvalue weighted by atomic mass is 10.1. The molecule has 0 fully saturated rings. The van der Waals surface area contributed by atoms with Crippen LogP contribution in [0, 0.1) is 0 Å². The Hall–Kier alpha value is -3.11. The van der Waals surface area contributed by atoms with Crippen molar-refractivity contribution in [2.75, 3.05) is 4.90 Å². The lowest BCUT2D eigenvalue weighted by Gasteiger charge is -2.31. The third-order valence-electron chi connectivity index (χ3n) is 4.86. The van der Waals surface area contributed by atoms with E-state index in [0.29, 0.717) is 22.1 Å². The first-order valence-corrected chi connectivity index (χ1v) is 10.7. The van der Waals surface area contributed by atoms with Gasteiger partial charge in [0.15, 0.2) is 0 Å². The number of anilines is 1. The molecule has 0 unspecified atom stereocenters. The topological polar surface area (TPSA) is 41.9 Å². The molecule has 4 nitrogen and oxygen atoms in total. The molecule has 0 aromatic heterocycles. The molecule has 35 heavy (non-hydrogen) atoms. The van der Waals surface area contributed by atoms with Gasteiger partial charge in [-0.3, -0.25) is 0 Å². The van der Waals surface area contributed by atoms with Gasteiger partial charge in [0.2, 0.25) is 6.23 Å². The average Bonchev–Trinajstić information content (AvgIpc) is 2.77. The minimum atomic E-state index is -5.04. The molecule has 0 amide bonds. The van der Waals surface area contributed by atoms with Crippen LogP contribution in [-0.2, 0) is 13.0 Å². The summed E-state index contributed by atoms with van der Waals surface area (Å²) in [5, 5.41) is 10.6. The minimum absolute atomic E-state index is 0.0478. The van der Waals surface area contributed by atoms with Crippen LogP contribution in [0.1, 0.15) is 18.1 Å². The third-order valence-corrected chi connectivity index (χ3v) is 5.22. The molecule has 0 spiro atoms. The van der Waals surface area contributed by atoms with Crippen molar-refractivity contribution in [3.8, 4) is 17.2 Å². The van der Waals surface area contributed by atoms with Crippen molar-refractivity contribution in [1.82, 2.24) is 0 Å². The smallest absolute Gasteiger partial charge is 0.457 e. The van der Waals surface area contributed by atoms with Crippen LogP contribution < -0.4 is 14.4 Å². The highest BCUT2D eigenvalue weighted by molar-refractivity contribution is 6.31. The van der Waals surface area contributed by atoms with Gasteiger partial charge in [-0.15, -0.1) is 13.2 Å². The first-order valence-electron chi connectivity index (χ1n) is 10.3. The number of aryl methyl sites for hydroxylation is 1. The fourth-order valence-electron chi connectivity index (χ4n) is 3.28. The van der Waals surface area contributed by atoms with Crippen LogP contribution in [0.2, 0.25) is 5.02 Å². The van der Waals surface area contributed by atoms with Crippen molar-refractivity contribution >= 4 is 17.3 Å². The van der Waals surface area contributed by atoms with E-state index in [9.17, 15) is 31.4 Å². The Morgan fingerprint density at radius 3 is 2.20 bits per heavy atom. The molecule has 0 saturated heterocycles. The van der Waals surface area contributed by atoms with Gasteiger partial charge in [-0.25, -0.2) is 0 Å². The molecule has 188 valence electrons. The van der Waals surface area contributed by atoms with Crippen LogP contribution in [0.15, 0.2) is 66.7 Å². The molecule has 0 aliphatic rings. The second kappa shape index (κ2) is 10.7. The number of nitrogens with zero attached hydrogens (tertiary/aromatic N) is 1. The second-order valence-corrected chi connectivity index (χ2v) is 7.85. The first kappa shape index (κ1) is 26.5. The molecule has 0 heterocycles. The average molecular weight is 520 g/mol. The van der Waals surface area contributed by atoms with Gasteiger partial charge >= 0.3 is 12.5 Å². The second-order valence-electron chi connectivity index (χ2n) is 7.44. The summed E-state index contributed by atoms with van der Waals surface area (Å²) in [5.74, 6) is -0.00766. The number of hydrogen-bond acceptors (Lipinski definition) is 4. The van der Waals surface area contributed by atoms with Crippen LogP contribution in [0.5, 0.6) is 17.2 Å². The number of benzene rings is 3. The number of rotatable bonds is 8. The first-order chi connectivity index (χ1) is 16.4. The molecule has 0 saturated carbocycles. The van der Waals surface area contributed by atoms with E-state index in [0.717, 1.165) is 17.7 Å². The summed E-state index contributed by atoms with van der Waals surface area (Å²) in [4.78, 5) is 0.596. The predicted molar refractivity (Wildman–Crippen MR) is 119 cm³/mol. The van der Waals surface area contributed by atoms with Gasteiger partial charge in [-0.05, 0) is 60.0 Å². The van der Waals surface area contributed by atoms with E-state index in [-0.39, 0.29) is 17.0 Å². The molecule has 0 bridgehead atoms. The maximum absolute atomic E-state index is 13.4. The molecule has 3 aromatic carbocycles. The number of aliphatic hydroxyl groups is 1. The third kappa shape index (κ3) is 7.43. The van der Waals surface area contributed by atoms with E-state index >= 15 is 0 Å². The van der Waals surface area contributed by atoms with E-state index in [2.05, 4.69) is 4.74 Å². The van der Waals surface area contributed by atoms with Gasteiger partial charge < -0.3 is 19.5 Å². The molecule has 3 rings (SSSR count). The molecule has 0 radical (unpaired) electrons. The van der Waals surface area contributed by atoms with Crippen molar-refractivity contribution < 1.29 is 40.9 Å². The number of hydrogen-bond donors (Lipinski definition) is 1. The Morgan fingerprint density at radius 2 is 1.54 bits per heavy atom. The Balaban J connectivity index is 1.92. The molecular formula is C24H20ClF6NO3. The Morgan fingerprint density at radius 1 is 0.886 bits per heavy atom. The van der Waals surface area contributed by atoms with E-state index in [1.165, 1.54) is 36.4 Å². The summed E-state index contributed by atoms with van der Waals surface area (Å²) >= 11 is 6.10. The molecule has 3 aromatic rings. The van der Waals surface area contributed by atoms with E-state index in [1.807, 2.05) is 6.92 Å². The zero-order valence-electron chi connectivity index (χ0n) is 18.2. The fourth-order valence-corrected chi connectivity index (χ4v) is 3.53. The summed E-state index contributed by atoms with van der Waals surface area (Å²) in [7, 11) is 0. The van der Waals surface area contributed by atoms with Crippen LogP contribution in [0.4, 0.5) is 32.0 Å². The summed E-state index contributed by atoms with van der Waals surface area (Å²) in [6.07, 6.45) is -12.3. The Labute approximate surface area is 202 Å². The van der Waals surface area contributed by atoms with Crippen molar-refractivity contribution in [3.05, 3.63) is 82.9 Å². The molecule has 0 aliphatic carbocycles. The summed E-state index contributed by atoms with van der Waals surface area (Å²) < 4.78 is 87.6. The number of alkyl halides is 6. The maximum Gasteiger partial charge on any atom is 0.573 e. The van der Waals surface area contributed by atoms with Crippen LogP contribution in [0.25, 0.3) is 0 Å². The monoisotopic (exact) mass is 519 g/mol. The zero-order valence-corrected chi connectivity index (χ0v) is 19.0. The number of halogens is 7. The normalized spacial score (nSPS) is 12.8. The quantitative estimate of drug-likeness (QED) is 0.247. The molecule has 11 heteroatoms. The SMILES string of the molecule is CCc1cc(Oc2cccc(N(Cc3cccc(OC(F)(F)F)c3)[C@@H](O)C(F)(F)F)c2)ccc1Cl. The number of aliphatic hydroxyl groups excluding tert-OH is 1. The highest BCUT2D eigenvalue weighted by Gasteiger charge is 2.43. The maximum atomic E-state index is 13.4. The lowest BCUT2D eigenvalue weighted by molar-refractivity contribution is -0.274. The van der Waals surface area contributed by atoms with Crippen molar-refractivity contribution in [2.24, 2.45) is 0 Å². The van der Waals surface area contributed by atoms with Gasteiger partial charge in [0.25, 0.3) is 0 Å².